The lowest BCUT2D eigenvalue weighted by atomic mass is 10.1. The van der Waals surface area contributed by atoms with Crippen LogP contribution in [0.2, 0.25) is 0 Å². The Hall–Kier alpha value is -1.87. The van der Waals surface area contributed by atoms with E-state index in [-0.39, 0.29) is 5.82 Å². The van der Waals surface area contributed by atoms with Crippen molar-refractivity contribution in [2.75, 3.05) is 0 Å². The quantitative estimate of drug-likeness (QED) is 0.858. The van der Waals surface area contributed by atoms with E-state index in [9.17, 15) is 4.39 Å². The summed E-state index contributed by atoms with van der Waals surface area (Å²) >= 11 is 0. The van der Waals surface area contributed by atoms with Gasteiger partial charge in [0.1, 0.15) is 5.75 Å². The molecule has 0 atom stereocenters. The molecule has 0 aromatic heterocycles. The third-order valence-corrected chi connectivity index (χ3v) is 3.45. The zero-order valence-corrected chi connectivity index (χ0v) is 13.0. The second-order valence-corrected chi connectivity index (χ2v) is 5.61. The molecule has 112 valence electrons. The normalized spacial score (nSPS) is 11.0. The van der Waals surface area contributed by atoms with Gasteiger partial charge in [-0.25, -0.2) is 4.39 Å². The summed E-state index contributed by atoms with van der Waals surface area (Å²) in [5.74, 6) is 0.624. The Morgan fingerprint density at radius 3 is 2.52 bits per heavy atom. The van der Waals surface area contributed by atoms with E-state index in [2.05, 4.69) is 19.2 Å². The Balaban J connectivity index is 2.27. The van der Waals surface area contributed by atoms with Crippen molar-refractivity contribution in [1.82, 2.24) is 5.32 Å². The van der Waals surface area contributed by atoms with Crippen LogP contribution in [0.25, 0.3) is 0 Å². The molecule has 0 aliphatic rings. The van der Waals surface area contributed by atoms with Crippen molar-refractivity contribution in [2.24, 2.45) is 0 Å². The molecule has 0 saturated carbocycles. The minimum Gasteiger partial charge on any atom is -0.454 e. The molecule has 0 radical (unpaired) electrons. The fraction of sp³-hybridized carbons (Fsp3) is 0.333. The van der Waals surface area contributed by atoms with Crippen molar-refractivity contribution in [3.05, 3.63) is 58.9 Å². The van der Waals surface area contributed by atoms with Gasteiger partial charge < -0.3 is 10.1 Å². The minimum absolute atomic E-state index is 0.300. The largest absolute Gasteiger partial charge is 0.454 e. The summed E-state index contributed by atoms with van der Waals surface area (Å²) in [6.45, 7) is 8.76. The molecule has 2 rings (SSSR count). The molecule has 0 saturated heterocycles. The first kappa shape index (κ1) is 15.5. The Morgan fingerprint density at radius 1 is 1.10 bits per heavy atom. The molecular weight excluding hydrogens is 265 g/mol. The van der Waals surface area contributed by atoms with Crippen LogP contribution in [0.4, 0.5) is 4.39 Å². The van der Waals surface area contributed by atoms with Gasteiger partial charge in [0.15, 0.2) is 11.6 Å². The zero-order valence-electron chi connectivity index (χ0n) is 13.0. The van der Waals surface area contributed by atoms with E-state index in [4.69, 9.17) is 4.74 Å². The third-order valence-electron chi connectivity index (χ3n) is 3.45. The lowest BCUT2D eigenvalue weighted by Crippen LogP contribution is -2.22. The Labute approximate surface area is 126 Å². The van der Waals surface area contributed by atoms with Gasteiger partial charge >= 0.3 is 0 Å². The van der Waals surface area contributed by atoms with Gasteiger partial charge in [0.2, 0.25) is 0 Å². The first-order chi connectivity index (χ1) is 9.97. The number of aryl methyl sites for hydroxylation is 2. The van der Waals surface area contributed by atoms with Crippen molar-refractivity contribution >= 4 is 0 Å². The fourth-order valence-electron chi connectivity index (χ4n) is 2.02. The van der Waals surface area contributed by atoms with Gasteiger partial charge in [-0.2, -0.15) is 0 Å². The highest BCUT2D eigenvalue weighted by Gasteiger charge is 2.11. The molecule has 0 amide bonds. The van der Waals surface area contributed by atoms with Crippen molar-refractivity contribution in [1.29, 1.82) is 0 Å². The summed E-state index contributed by atoms with van der Waals surface area (Å²) in [6.07, 6.45) is 0. The van der Waals surface area contributed by atoms with Gasteiger partial charge in [-0.15, -0.1) is 0 Å². The molecule has 0 fully saturated rings. The molecule has 0 unspecified atom stereocenters. The molecule has 0 aliphatic heterocycles. The van der Waals surface area contributed by atoms with Crippen LogP contribution in [0.3, 0.4) is 0 Å². The van der Waals surface area contributed by atoms with Crippen LogP contribution in [-0.2, 0) is 6.54 Å². The second kappa shape index (κ2) is 6.72. The first-order valence-electron chi connectivity index (χ1n) is 7.23. The van der Waals surface area contributed by atoms with Crippen LogP contribution < -0.4 is 10.1 Å². The summed E-state index contributed by atoms with van der Waals surface area (Å²) in [5, 5.41) is 3.29. The molecular formula is C18H22FNO. The molecule has 0 aliphatic carbocycles. The highest BCUT2D eigenvalue weighted by Crippen LogP contribution is 2.29. The molecule has 0 heterocycles. The maximum absolute atomic E-state index is 14.1. The van der Waals surface area contributed by atoms with Crippen LogP contribution in [0.15, 0.2) is 36.4 Å². The number of hydrogen-bond donors (Lipinski definition) is 1. The number of benzene rings is 2. The Kier molecular flexibility index (Phi) is 4.97. The molecule has 0 spiro atoms. The van der Waals surface area contributed by atoms with Crippen molar-refractivity contribution in [2.45, 2.75) is 40.3 Å². The number of ether oxygens (including phenoxy) is 1. The summed E-state index contributed by atoms with van der Waals surface area (Å²) in [4.78, 5) is 0. The van der Waals surface area contributed by atoms with Crippen LogP contribution >= 0.6 is 0 Å². The summed E-state index contributed by atoms with van der Waals surface area (Å²) in [7, 11) is 0. The van der Waals surface area contributed by atoms with Crippen LogP contribution in [0.1, 0.15) is 30.5 Å². The number of rotatable bonds is 5. The maximum atomic E-state index is 14.1. The van der Waals surface area contributed by atoms with E-state index >= 15 is 0 Å². The molecule has 0 bridgehead atoms. The number of para-hydroxylation sites is 1. The third kappa shape index (κ3) is 4.05. The van der Waals surface area contributed by atoms with E-state index in [0.717, 1.165) is 11.1 Å². The van der Waals surface area contributed by atoms with E-state index in [1.54, 1.807) is 6.07 Å². The summed E-state index contributed by atoms with van der Waals surface area (Å²) in [5.41, 5.74) is 3.14. The van der Waals surface area contributed by atoms with Crippen molar-refractivity contribution in [3.8, 4) is 11.5 Å². The molecule has 2 aromatic carbocycles. The predicted molar refractivity (Wildman–Crippen MR) is 84.4 cm³/mol. The molecule has 3 heteroatoms. The molecule has 21 heavy (non-hydrogen) atoms. The van der Waals surface area contributed by atoms with Crippen molar-refractivity contribution < 1.29 is 9.13 Å². The first-order valence-corrected chi connectivity index (χ1v) is 7.23. The lowest BCUT2D eigenvalue weighted by molar-refractivity contribution is 0.431. The maximum Gasteiger partial charge on any atom is 0.167 e. The topological polar surface area (TPSA) is 21.3 Å². The summed E-state index contributed by atoms with van der Waals surface area (Å²) in [6, 6.07) is 11.1. The minimum atomic E-state index is -0.337. The Morgan fingerprint density at radius 2 is 1.86 bits per heavy atom. The van der Waals surface area contributed by atoms with Gasteiger partial charge in [0.25, 0.3) is 0 Å². The second-order valence-electron chi connectivity index (χ2n) is 5.61. The number of hydrogen-bond acceptors (Lipinski definition) is 2. The van der Waals surface area contributed by atoms with Crippen molar-refractivity contribution in [3.63, 3.8) is 0 Å². The number of halogens is 1. The Bertz CT molecular complexity index is 623. The average molecular weight is 287 g/mol. The van der Waals surface area contributed by atoms with Gasteiger partial charge in [-0.05, 0) is 43.2 Å². The summed E-state index contributed by atoms with van der Waals surface area (Å²) < 4.78 is 19.9. The van der Waals surface area contributed by atoms with Crippen LogP contribution in [0, 0.1) is 19.7 Å². The smallest absolute Gasteiger partial charge is 0.167 e. The highest BCUT2D eigenvalue weighted by atomic mass is 19.1. The van der Waals surface area contributed by atoms with E-state index in [1.165, 1.54) is 11.6 Å². The van der Waals surface area contributed by atoms with E-state index in [1.807, 2.05) is 38.1 Å². The van der Waals surface area contributed by atoms with Gasteiger partial charge in [0.05, 0.1) is 0 Å². The monoisotopic (exact) mass is 287 g/mol. The average Bonchev–Trinajstić information content (AvgIpc) is 2.43. The van der Waals surface area contributed by atoms with E-state index in [0.29, 0.717) is 24.1 Å². The van der Waals surface area contributed by atoms with Gasteiger partial charge in [-0.3, -0.25) is 0 Å². The highest BCUT2D eigenvalue weighted by molar-refractivity contribution is 5.41. The number of nitrogens with one attached hydrogen (secondary N) is 1. The van der Waals surface area contributed by atoms with Gasteiger partial charge in [-0.1, -0.05) is 32.0 Å². The molecule has 2 aromatic rings. The fourth-order valence-corrected chi connectivity index (χ4v) is 2.02. The zero-order chi connectivity index (χ0) is 15.4. The SMILES string of the molecule is Cc1ccc(Oc2c(F)cccc2CNC(C)C)cc1C. The molecule has 1 N–H and O–H groups in total. The van der Waals surface area contributed by atoms with Crippen LogP contribution in [-0.4, -0.2) is 6.04 Å². The van der Waals surface area contributed by atoms with E-state index < -0.39 is 0 Å². The van der Waals surface area contributed by atoms with Crippen LogP contribution in [0.5, 0.6) is 11.5 Å². The molecule has 2 nitrogen and oxygen atoms in total. The standard InChI is InChI=1S/C18H22FNO/c1-12(2)20-11-15-6-5-7-17(19)18(15)21-16-9-8-13(3)14(4)10-16/h5-10,12,20H,11H2,1-4H3. The predicted octanol–water partition coefficient (Wildman–Crippen LogP) is 4.73. The van der Waals surface area contributed by atoms with Gasteiger partial charge in [0, 0.05) is 18.2 Å². The lowest BCUT2D eigenvalue weighted by Gasteiger charge is -2.15.